The molecular formula is C33H23N3O3. The second-order valence-electron chi connectivity index (χ2n) is 11.1. The number of benzene rings is 4. The standard InChI is InChI=1S/C33H23N3O3/c37-25-15-14-19-16-24(25)36-23-13-7-5-11-21(23)27-29-28(32(38)34(33(29)39)17-18-8-2-1-3-9-18)26-20-10-4-6-12-22(20)35(19)30(26)31(27)36/h1-13,19,24H,14-17H2. The number of para-hydroxylation sites is 2. The Labute approximate surface area is 223 Å². The smallest absolute Gasteiger partial charge is 0.262 e. The van der Waals surface area contributed by atoms with Crippen LogP contribution < -0.4 is 0 Å². The topological polar surface area (TPSA) is 64.3 Å². The van der Waals surface area contributed by atoms with E-state index in [0.717, 1.165) is 55.6 Å². The Hall–Kier alpha value is -4.71. The maximum Gasteiger partial charge on any atom is 0.262 e. The van der Waals surface area contributed by atoms with Gasteiger partial charge < -0.3 is 9.13 Å². The maximum atomic E-state index is 14.3. The third-order valence-corrected chi connectivity index (χ3v) is 9.16. The second-order valence-corrected chi connectivity index (χ2v) is 11.1. The van der Waals surface area contributed by atoms with E-state index in [1.54, 1.807) is 0 Å². The van der Waals surface area contributed by atoms with Gasteiger partial charge in [-0.05, 0) is 30.5 Å². The molecule has 1 fully saturated rings. The summed E-state index contributed by atoms with van der Waals surface area (Å²) in [6.07, 6.45) is 2.01. The molecule has 1 saturated carbocycles. The molecule has 188 valence electrons. The lowest BCUT2D eigenvalue weighted by Crippen LogP contribution is -2.29. The Morgan fingerprint density at radius 3 is 1.90 bits per heavy atom. The number of Topliss-reactive ketones (excluding diaryl/α,β-unsaturated/α-hetero) is 1. The molecule has 6 nitrogen and oxygen atoms in total. The van der Waals surface area contributed by atoms with Gasteiger partial charge in [0.05, 0.1) is 34.7 Å². The summed E-state index contributed by atoms with van der Waals surface area (Å²) >= 11 is 0. The van der Waals surface area contributed by atoms with Gasteiger partial charge in [0, 0.05) is 45.0 Å². The molecule has 0 N–H and O–H groups in total. The van der Waals surface area contributed by atoms with Crippen molar-refractivity contribution in [3.05, 3.63) is 95.6 Å². The van der Waals surface area contributed by atoms with Crippen LogP contribution in [0.5, 0.6) is 0 Å². The van der Waals surface area contributed by atoms with Crippen LogP contribution in [-0.2, 0) is 11.3 Å². The van der Waals surface area contributed by atoms with Crippen LogP contribution in [0, 0.1) is 0 Å². The van der Waals surface area contributed by atoms with E-state index >= 15 is 0 Å². The fraction of sp³-hybridized carbons (Fsp3) is 0.182. The number of imide groups is 1. The van der Waals surface area contributed by atoms with Crippen LogP contribution in [0.4, 0.5) is 0 Å². The van der Waals surface area contributed by atoms with E-state index in [-0.39, 0.29) is 36.2 Å². The number of carbonyl (C=O) groups excluding carboxylic acids is 3. The minimum atomic E-state index is -0.293. The predicted molar refractivity (Wildman–Crippen MR) is 150 cm³/mol. The zero-order valence-electron chi connectivity index (χ0n) is 21.1. The summed E-state index contributed by atoms with van der Waals surface area (Å²) in [6.45, 7) is 0.219. The first-order valence-electron chi connectivity index (χ1n) is 13.6. The lowest BCUT2D eigenvalue weighted by Gasteiger charge is -2.29. The van der Waals surface area contributed by atoms with Gasteiger partial charge in [0.1, 0.15) is 0 Å². The number of amides is 2. The van der Waals surface area contributed by atoms with Crippen molar-refractivity contribution in [2.24, 2.45) is 0 Å². The summed E-state index contributed by atoms with van der Waals surface area (Å²) in [4.78, 5) is 43.4. The van der Waals surface area contributed by atoms with Crippen LogP contribution in [0.1, 0.15) is 57.6 Å². The molecule has 2 amide bonds. The highest BCUT2D eigenvalue weighted by Crippen LogP contribution is 2.52. The first-order chi connectivity index (χ1) is 19.1. The van der Waals surface area contributed by atoms with Crippen molar-refractivity contribution < 1.29 is 14.4 Å². The second kappa shape index (κ2) is 7.23. The van der Waals surface area contributed by atoms with Crippen molar-refractivity contribution in [3.8, 4) is 0 Å². The van der Waals surface area contributed by atoms with Crippen LogP contribution in [0.3, 0.4) is 0 Å². The third kappa shape index (κ3) is 2.50. The normalized spacial score (nSPS) is 20.2. The average molecular weight is 510 g/mol. The summed E-state index contributed by atoms with van der Waals surface area (Å²) in [5.41, 5.74) is 5.77. The monoisotopic (exact) mass is 509 g/mol. The molecule has 3 aliphatic rings. The number of rotatable bonds is 2. The van der Waals surface area contributed by atoms with Crippen molar-refractivity contribution in [3.63, 3.8) is 0 Å². The highest BCUT2D eigenvalue weighted by molar-refractivity contribution is 6.39. The molecule has 2 bridgehead atoms. The molecule has 2 aliphatic heterocycles. The SMILES string of the molecule is O=C1CCC2CC1n1c3ccccc3c3c4c(c5c6ccccc6n2c5c31)C(=O)N(Cc1ccccc1)C4=O. The lowest BCUT2D eigenvalue weighted by molar-refractivity contribution is -0.124. The first kappa shape index (κ1) is 21.2. The van der Waals surface area contributed by atoms with Crippen LogP contribution in [-0.4, -0.2) is 31.6 Å². The van der Waals surface area contributed by atoms with Crippen LogP contribution >= 0.6 is 0 Å². The molecule has 6 aromatic rings. The van der Waals surface area contributed by atoms with Crippen LogP contribution in [0.25, 0.3) is 43.6 Å². The Bertz CT molecular complexity index is 2100. The lowest BCUT2D eigenvalue weighted by atomic mass is 9.89. The summed E-state index contributed by atoms with van der Waals surface area (Å²) < 4.78 is 4.58. The molecular weight excluding hydrogens is 486 g/mol. The molecule has 2 atom stereocenters. The molecule has 0 radical (unpaired) electrons. The molecule has 0 saturated heterocycles. The van der Waals surface area contributed by atoms with Gasteiger partial charge in [-0.25, -0.2) is 0 Å². The van der Waals surface area contributed by atoms with Gasteiger partial charge in [-0.15, -0.1) is 0 Å². The van der Waals surface area contributed by atoms with E-state index in [9.17, 15) is 14.4 Å². The van der Waals surface area contributed by atoms with E-state index in [1.807, 2.05) is 66.7 Å². The molecule has 2 aromatic heterocycles. The van der Waals surface area contributed by atoms with Crippen molar-refractivity contribution in [2.45, 2.75) is 37.9 Å². The van der Waals surface area contributed by atoms with E-state index in [0.29, 0.717) is 24.0 Å². The first-order valence-corrected chi connectivity index (χ1v) is 13.6. The molecule has 0 spiro atoms. The number of nitrogens with zero attached hydrogens (tertiary/aromatic N) is 3. The fourth-order valence-electron chi connectivity index (χ4n) is 7.62. The van der Waals surface area contributed by atoms with Gasteiger partial charge in [-0.3, -0.25) is 19.3 Å². The minimum absolute atomic E-state index is 0.141. The van der Waals surface area contributed by atoms with E-state index < -0.39 is 0 Å². The fourth-order valence-corrected chi connectivity index (χ4v) is 7.62. The quantitative estimate of drug-likeness (QED) is 0.249. The predicted octanol–water partition coefficient (Wildman–Crippen LogP) is 6.55. The van der Waals surface area contributed by atoms with E-state index in [1.165, 1.54) is 4.90 Å². The molecule has 2 unspecified atom stereocenters. The van der Waals surface area contributed by atoms with Crippen molar-refractivity contribution in [1.29, 1.82) is 0 Å². The molecule has 1 aliphatic carbocycles. The Kier molecular flexibility index (Phi) is 3.94. The highest BCUT2D eigenvalue weighted by Gasteiger charge is 2.45. The molecule has 4 heterocycles. The number of ketones is 1. The number of hydrogen-bond donors (Lipinski definition) is 0. The van der Waals surface area contributed by atoms with Gasteiger partial charge in [-0.1, -0.05) is 66.7 Å². The van der Waals surface area contributed by atoms with Gasteiger partial charge in [0.15, 0.2) is 5.78 Å². The number of carbonyl (C=O) groups is 3. The molecule has 6 heteroatoms. The van der Waals surface area contributed by atoms with Gasteiger partial charge in [0.25, 0.3) is 11.8 Å². The summed E-state index contributed by atoms with van der Waals surface area (Å²) in [5.74, 6) is -0.270. The number of fused-ring (bicyclic) bond motifs is 13. The zero-order valence-corrected chi connectivity index (χ0v) is 21.1. The molecule has 4 aromatic carbocycles. The van der Waals surface area contributed by atoms with E-state index in [2.05, 4.69) is 21.3 Å². The third-order valence-electron chi connectivity index (χ3n) is 9.16. The Balaban J connectivity index is 1.51. The van der Waals surface area contributed by atoms with Crippen LogP contribution in [0.2, 0.25) is 0 Å². The zero-order chi connectivity index (χ0) is 26.0. The maximum absolute atomic E-state index is 14.3. The Morgan fingerprint density at radius 1 is 0.667 bits per heavy atom. The highest BCUT2D eigenvalue weighted by atomic mass is 16.2. The van der Waals surface area contributed by atoms with E-state index in [4.69, 9.17) is 0 Å². The number of hydrogen-bond acceptors (Lipinski definition) is 3. The summed E-state index contributed by atoms with van der Waals surface area (Å²) in [7, 11) is 0. The number of aromatic nitrogens is 2. The summed E-state index contributed by atoms with van der Waals surface area (Å²) in [5, 5.41) is 3.54. The molecule has 39 heavy (non-hydrogen) atoms. The van der Waals surface area contributed by atoms with Crippen LogP contribution in [0.15, 0.2) is 78.9 Å². The summed E-state index contributed by atoms with van der Waals surface area (Å²) in [6, 6.07) is 25.8. The average Bonchev–Trinajstić information content (AvgIpc) is 3.53. The van der Waals surface area contributed by atoms with Crippen molar-refractivity contribution >= 4 is 61.2 Å². The van der Waals surface area contributed by atoms with Gasteiger partial charge in [0.2, 0.25) is 0 Å². The van der Waals surface area contributed by atoms with Crippen molar-refractivity contribution in [1.82, 2.24) is 14.0 Å². The van der Waals surface area contributed by atoms with Crippen molar-refractivity contribution in [2.75, 3.05) is 0 Å². The minimum Gasteiger partial charge on any atom is -0.335 e. The molecule has 9 rings (SSSR count). The Morgan fingerprint density at radius 2 is 1.23 bits per heavy atom. The largest absolute Gasteiger partial charge is 0.335 e. The van der Waals surface area contributed by atoms with Gasteiger partial charge >= 0.3 is 0 Å². The van der Waals surface area contributed by atoms with Gasteiger partial charge in [-0.2, -0.15) is 0 Å².